The van der Waals surface area contributed by atoms with E-state index in [0.717, 1.165) is 5.82 Å². The van der Waals surface area contributed by atoms with Crippen molar-refractivity contribution in [1.82, 2.24) is 9.97 Å². The Morgan fingerprint density at radius 3 is 2.88 bits per heavy atom. The quantitative estimate of drug-likeness (QED) is 0.872. The number of nitrogens with one attached hydrogen (secondary N) is 2. The molecule has 88 valence electrons. The Morgan fingerprint density at radius 2 is 2.19 bits per heavy atom. The molecule has 1 fully saturated rings. The minimum absolute atomic E-state index is 0.485. The van der Waals surface area contributed by atoms with Gasteiger partial charge in [0.05, 0.1) is 6.20 Å². The van der Waals surface area contributed by atoms with Crippen molar-refractivity contribution < 1.29 is 0 Å². The molecular weight excluding hydrogens is 244 g/mol. The molecular formula is C10H15ClN4S. The number of rotatable bonds is 3. The van der Waals surface area contributed by atoms with Crippen molar-refractivity contribution >= 4 is 35.1 Å². The lowest BCUT2D eigenvalue weighted by Gasteiger charge is -2.23. The summed E-state index contributed by atoms with van der Waals surface area (Å²) in [4.78, 5) is 8.37. The van der Waals surface area contributed by atoms with Crippen LogP contribution in [0.2, 0.25) is 5.02 Å². The summed E-state index contributed by atoms with van der Waals surface area (Å²) >= 11 is 8.05. The topological polar surface area (TPSA) is 49.8 Å². The highest BCUT2D eigenvalue weighted by atomic mass is 35.5. The van der Waals surface area contributed by atoms with Gasteiger partial charge in [0.1, 0.15) is 5.02 Å². The predicted octanol–water partition coefficient (Wildman–Crippen LogP) is 2.48. The Labute approximate surface area is 105 Å². The molecule has 0 aromatic carbocycles. The smallest absolute Gasteiger partial charge is 0.224 e. The molecule has 0 unspecified atom stereocenters. The Balaban J connectivity index is 2.06. The first-order chi connectivity index (χ1) is 7.79. The van der Waals surface area contributed by atoms with Crippen LogP contribution >= 0.6 is 23.4 Å². The van der Waals surface area contributed by atoms with E-state index in [9.17, 15) is 0 Å². The molecule has 2 N–H and O–H groups in total. The SMILES string of the molecule is CNc1ncc(Cl)c(NC2CCSCC2)n1. The second-order valence-corrected chi connectivity index (χ2v) is 5.30. The molecule has 16 heavy (non-hydrogen) atoms. The minimum atomic E-state index is 0.485. The van der Waals surface area contributed by atoms with Crippen LogP contribution in [0, 0.1) is 0 Å². The molecule has 1 aliphatic rings. The Kier molecular flexibility index (Phi) is 4.12. The zero-order valence-electron chi connectivity index (χ0n) is 9.16. The summed E-state index contributed by atoms with van der Waals surface area (Å²) in [5.74, 6) is 3.74. The van der Waals surface area contributed by atoms with Crippen molar-refractivity contribution in [3.63, 3.8) is 0 Å². The van der Waals surface area contributed by atoms with Crippen molar-refractivity contribution in [2.75, 3.05) is 29.2 Å². The van der Waals surface area contributed by atoms with E-state index in [4.69, 9.17) is 11.6 Å². The molecule has 0 amide bonds. The molecule has 4 nitrogen and oxygen atoms in total. The Hall–Kier alpha value is -0.680. The number of nitrogens with zero attached hydrogens (tertiary/aromatic N) is 2. The standard InChI is InChI=1S/C10H15ClN4S/c1-12-10-13-6-8(11)9(15-10)14-7-2-4-16-5-3-7/h6-7H,2-5H2,1H3,(H2,12,13,14,15). The van der Waals surface area contributed by atoms with Gasteiger partial charge in [0.25, 0.3) is 0 Å². The van der Waals surface area contributed by atoms with Gasteiger partial charge in [0.2, 0.25) is 5.95 Å². The number of thioether (sulfide) groups is 1. The molecule has 0 spiro atoms. The van der Waals surface area contributed by atoms with Crippen LogP contribution in [0.1, 0.15) is 12.8 Å². The minimum Gasteiger partial charge on any atom is -0.366 e. The summed E-state index contributed by atoms with van der Waals surface area (Å²) in [6.07, 6.45) is 3.96. The van der Waals surface area contributed by atoms with E-state index in [1.807, 2.05) is 11.8 Å². The van der Waals surface area contributed by atoms with Gasteiger partial charge in [-0.05, 0) is 24.3 Å². The maximum absolute atomic E-state index is 6.05. The zero-order chi connectivity index (χ0) is 11.4. The number of hydrogen-bond acceptors (Lipinski definition) is 5. The largest absolute Gasteiger partial charge is 0.366 e. The zero-order valence-corrected chi connectivity index (χ0v) is 10.7. The van der Waals surface area contributed by atoms with Crippen LogP contribution < -0.4 is 10.6 Å². The first-order valence-corrected chi connectivity index (χ1v) is 6.87. The van der Waals surface area contributed by atoms with Crippen molar-refractivity contribution in [3.05, 3.63) is 11.2 Å². The van der Waals surface area contributed by atoms with Gasteiger partial charge in [-0.3, -0.25) is 0 Å². The molecule has 1 aliphatic heterocycles. The molecule has 0 atom stereocenters. The summed E-state index contributed by atoms with van der Waals surface area (Å²) in [6.45, 7) is 0. The van der Waals surface area contributed by atoms with E-state index in [1.165, 1.54) is 24.3 Å². The first-order valence-electron chi connectivity index (χ1n) is 5.34. The third-order valence-corrected chi connectivity index (χ3v) is 3.86. The lowest BCUT2D eigenvalue weighted by atomic mass is 10.1. The second kappa shape index (κ2) is 5.59. The number of hydrogen-bond donors (Lipinski definition) is 2. The average molecular weight is 259 g/mol. The highest BCUT2D eigenvalue weighted by molar-refractivity contribution is 7.99. The fourth-order valence-corrected chi connectivity index (χ4v) is 2.88. The fraction of sp³-hybridized carbons (Fsp3) is 0.600. The normalized spacial score (nSPS) is 17.1. The second-order valence-electron chi connectivity index (χ2n) is 3.67. The number of aromatic nitrogens is 2. The summed E-state index contributed by atoms with van der Waals surface area (Å²) in [7, 11) is 1.80. The van der Waals surface area contributed by atoms with Crippen molar-refractivity contribution in [2.24, 2.45) is 0 Å². The van der Waals surface area contributed by atoms with Crippen molar-refractivity contribution in [3.8, 4) is 0 Å². The maximum Gasteiger partial charge on any atom is 0.224 e. The van der Waals surface area contributed by atoms with Crippen molar-refractivity contribution in [1.29, 1.82) is 0 Å². The molecule has 0 saturated carbocycles. The van der Waals surface area contributed by atoms with Crippen LogP contribution in [-0.2, 0) is 0 Å². The molecule has 1 aromatic heterocycles. The van der Waals surface area contributed by atoms with Crippen LogP contribution in [0.5, 0.6) is 0 Å². The van der Waals surface area contributed by atoms with Gasteiger partial charge in [-0.2, -0.15) is 16.7 Å². The van der Waals surface area contributed by atoms with Gasteiger partial charge in [0.15, 0.2) is 5.82 Å². The molecule has 2 heterocycles. The van der Waals surface area contributed by atoms with E-state index in [-0.39, 0.29) is 0 Å². The van der Waals surface area contributed by atoms with Crippen molar-refractivity contribution in [2.45, 2.75) is 18.9 Å². The molecule has 1 saturated heterocycles. The molecule has 0 radical (unpaired) electrons. The van der Waals surface area contributed by atoms with E-state index >= 15 is 0 Å². The van der Waals surface area contributed by atoms with Gasteiger partial charge in [-0.25, -0.2) is 4.98 Å². The van der Waals surface area contributed by atoms with Gasteiger partial charge in [0, 0.05) is 13.1 Å². The van der Waals surface area contributed by atoms with Gasteiger partial charge < -0.3 is 10.6 Å². The van der Waals surface area contributed by atoms with E-state index in [2.05, 4.69) is 20.6 Å². The Morgan fingerprint density at radius 1 is 1.44 bits per heavy atom. The summed E-state index contributed by atoms with van der Waals surface area (Å²) in [5.41, 5.74) is 0. The van der Waals surface area contributed by atoms with Crippen LogP contribution in [0.25, 0.3) is 0 Å². The maximum atomic E-state index is 6.05. The van der Waals surface area contributed by atoms with Crippen LogP contribution in [-0.4, -0.2) is 34.6 Å². The van der Waals surface area contributed by atoms with E-state index in [0.29, 0.717) is 17.0 Å². The molecule has 0 aliphatic carbocycles. The van der Waals surface area contributed by atoms with Gasteiger partial charge in [-0.15, -0.1) is 0 Å². The number of halogens is 1. The molecule has 0 bridgehead atoms. The van der Waals surface area contributed by atoms with Gasteiger partial charge in [-0.1, -0.05) is 11.6 Å². The van der Waals surface area contributed by atoms with Crippen LogP contribution in [0.4, 0.5) is 11.8 Å². The highest BCUT2D eigenvalue weighted by Gasteiger charge is 2.15. The van der Waals surface area contributed by atoms with Crippen LogP contribution in [0.3, 0.4) is 0 Å². The summed E-state index contributed by atoms with van der Waals surface area (Å²) in [5, 5.41) is 6.88. The molecule has 6 heteroatoms. The van der Waals surface area contributed by atoms with E-state index < -0.39 is 0 Å². The lowest BCUT2D eigenvalue weighted by molar-refractivity contribution is 0.663. The molecule has 1 aromatic rings. The fourth-order valence-electron chi connectivity index (χ4n) is 1.62. The summed E-state index contributed by atoms with van der Waals surface area (Å²) in [6, 6.07) is 0.485. The Bertz CT molecular complexity index is 355. The predicted molar refractivity (Wildman–Crippen MR) is 70.6 cm³/mol. The summed E-state index contributed by atoms with van der Waals surface area (Å²) < 4.78 is 0. The average Bonchev–Trinajstić information content (AvgIpc) is 2.33. The van der Waals surface area contributed by atoms with E-state index in [1.54, 1.807) is 13.2 Å². The first kappa shape index (κ1) is 11.8. The van der Waals surface area contributed by atoms with Crippen LogP contribution in [0.15, 0.2) is 6.20 Å². The molecule has 2 rings (SSSR count). The highest BCUT2D eigenvalue weighted by Crippen LogP contribution is 2.24. The third-order valence-electron chi connectivity index (χ3n) is 2.53. The van der Waals surface area contributed by atoms with Gasteiger partial charge >= 0.3 is 0 Å². The number of anilines is 2. The lowest BCUT2D eigenvalue weighted by Crippen LogP contribution is -2.25. The monoisotopic (exact) mass is 258 g/mol. The third kappa shape index (κ3) is 2.92.